The standard InChI is InChI=1S/C23H24N2O6/c1-2-30-19-11-7-17(8-12-19)23(29)24-14-22(28)31-15-20(26)16-5-9-18(10-6-16)25-13-3-4-21(25)27/h5-12H,2-4,13-15H2,1H3,(H,24,29). The van der Waals surface area contributed by atoms with Crippen LogP contribution in [0.2, 0.25) is 0 Å². The van der Waals surface area contributed by atoms with Crippen LogP contribution < -0.4 is 15.0 Å². The third kappa shape index (κ3) is 5.91. The molecule has 1 aliphatic heterocycles. The number of amides is 2. The highest BCUT2D eigenvalue weighted by Gasteiger charge is 2.21. The van der Waals surface area contributed by atoms with Gasteiger partial charge in [-0.05, 0) is 61.9 Å². The van der Waals surface area contributed by atoms with Crippen molar-refractivity contribution in [3.63, 3.8) is 0 Å². The van der Waals surface area contributed by atoms with Gasteiger partial charge in [-0.1, -0.05) is 0 Å². The molecule has 0 radical (unpaired) electrons. The maximum absolute atomic E-state index is 12.2. The Bertz CT molecular complexity index is 953. The van der Waals surface area contributed by atoms with E-state index in [4.69, 9.17) is 9.47 Å². The molecule has 0 spiro atoms. The molecule has 1 fully saturated rings. The van der Waals surface area contributed by atoms with Gasteiger partial charge in [0.05, 0.1) is 6.61 Å². The number of nitrogens with zero attached hydrogens (tertiary/aromatic N) is 1. The predicted octanol–water partition coefficient (Wildman–Crippen LogP) is 2.37. The van der Waals surface area contributed by atoms with Crippen LogP contribution in [0.25, 0.3) is 0 Å². The molecule has 8 nitrogen and oxygen atoms in total. The van der Waals surface area contributed by atoms with Gasteiger partial charge in [-0.3, -0.25) is 19.2 Å². The first-order valence-corrected chi connectivity index (χ1v) is 10.1. The highest BCUT2D eigenvalue weighted by Crippen LogP contribution is 2.21. The first kappa shape index (κ1) is 22.0. The summed E-state index contributed by atoms with van der Waals surface area (Å²) in [5.74, 6) is -0.798. The first-order chi connectivity index (χ1) is 15.0. The minimum absolute atomic E-state index is 0.0697. The lowest BCUT2D eigenvalue weighted by Crippen LogP contribution is -2.31. The van der Waals surface area contributed by atoms with E-state index in [9.17, 15) is 19.2 Å². The molecule has 0 saturated carbocycles. The van der Waals surface area contributed by atoms with E-state index in [1.807, 2.05) is 6.92 Å². The Balaban J connectivity index is 1.43. The van der Waals surface area contributed by atoms with Crippen molar-refractivity contribution in [3.05, 3.63) is 59.7 Å². The average molecular weight is 424 g/mol. The summed E-state index contributed by atoms with van der Waals surface area (Å²) in [6, 6.07) is 13.1. The van der Waals surface area contributed by atoms with E-state index in [0.717, 1.165) is 12.1 Å². The Morgan fingerprint density at radius 3 is 2.29 bits per heavy atom. The summed E-state index contributed by atoms with van der Waals surface area (Å²) in [4.78, 5) is 49.6. The Morgan fingerprint density at radius 2 is 1.68 bits per heavy atom. The molecule has 162 valence electrons. The zero-order chi connectivity index (χ0) is 22.2. The SMILES string of the molecule is CCOc1ccc(C(=O)NCC(=O)OCC(=O)c2ccc(N3CCCC3=O)cc2)cc1. The van der Waals surface area contributed by atoms with Gasteiger partial charge in [-0.2, -0.15) is 0 Å². The van der Waals surface area contributed by atoms with Gasteiger partial charge < -0.3 is 19.7 Å². The molecule has 0 bridgehead atoms. The lowest BCUT2D eigenvalue weighted by Gasteiger charge is -2.15. The van der Waals surface area contributed by atoms with Crippen LogP contribution in [-0.2, 0) is 14.3 Å². The van der Waals surface area contributed by atoms with Gasteiger partial charge in [0.15, 0.2) is 12.4 Å². The van der Waals surface area contributed by atoms with Crippen molar-refractivity contribution >= 4 is 29.3 Å². The van der Waals surface area contributed by atoms with E-state index in [1.165, 1.54) is 0 Å². The van der Waals surface area contributed by atoms with Crippen molar-refractivity contribution in [2.75, 3.05) is 31.2 Å². The molecule has 31 heavy (non-hydrogen) atoms. The zero-order valence-corrected chi connectivity index (χ0v) is 17.3. The van der Waals surface area contributed by atoms with Gasteiger partial charge in [0.1, 0.15) is 12.3 Å². The molecule has 2 aromatic rings. The topological polar surface area (TPSA) is 102 Å². The van der Waals surface area contributed by atoms with Crippen LogP contribution in [0.3, 0.4) is 0 Å². The second-order valence-corrected chi connectivity index (χ2v) is 6.92. The summed E-state index contributed by atoms with van der Waals surface area (Å²) in [5.41, 5.74) is 1.50. The molecular formula is C23H24N2O6. The fraction of sp³-hybridized carbons (Fsp3) is 0.304. The number of benzene rings is 2. The average Bonchev–Trinajstić information content (AvgIpc) is 3.22. The number of rotatable bonds is 9. The monoisotopic (exact) mass is 424 g/mol. The van der Waals surface area contributed by atoms with Gasteiger partial charge in [0, 0.05) is 29.8 Å². The van der Waals surface area contributed by atoms with Crippen molar-refractivity contribution in [1.82, 2.24) is 5.32 Å². The number of anilines is 1. The maximum atomic E-state index is 12.2. The largest absolute Gasteiger partial charge is 0.494 e. The summed E-state index contributed by atoms with van der Waals surface area (Å²) in [7, 11) is 0. The molecule has 0 aliphatic carbocycles. The lowest BCUT2D eigenvalue weighted by atomic mass is 10.1. The van der Waals surface area contributed by atoms with E-state index in [-0.39, 0.29) is 18.2 Å². The third-order valence-corrected chi connectivity index (χ3v) is 4.76. The van der Waals surface area contributed by atoms with Crippen molar-refractivity contribution in [2.24, 2.45) is 0 Å². The van der Waals surface area contributed by atoms with Crippen LogP contribution in [-0.4, -0.2) is 49.9 Å². The molecule has 3 rings (SSSR count). The van der Waals surface area contributed by atoms with Gasteiger partial charge in [-0.15, -0.1) is 0 Å². The number of hydrogen-bond donors (Lipinski definition) is 1. The zero-order valence-electron chi connectivity index (χ0n) is 17.3. The van der Waals surface area contributed by atoms with Gasteiger partial charge in [-0.25, -0.2) is 0 Å². The van der Waals surface area contributed by atoms with E-state index in [2.05, 4.69) is 5.32 Å². The first-order valence-electron chi connectivity index (χ1n) is 10.1. The Kier molecular flexibility index (Phi) is 7.37. The normalized spacial score (nSPS) is 13.1. The third-order valence-electron chi connectivity index (χ3n) is 4.76. The molecule has 2 aromatic carbocycles. The van der Waals surface area contributed by atoms with Crippen LogP contribution in [0.1, 0.15) is 40.5 Å². The number of nitrogens with one attached hydrogen (secondary N) is 1. The molecule has 1 N–H and O–H groups in total. The van der Waals surface area contributed by atoms with E-state index in [1.54, 1.807) is 53.4 Å². The van der Waals surface area contributed by atoms with Crippen LogP contribution in [0, 0.1) is 0 Å². The van der Waals surface area contributed by atoms with Crippen molar-refractivity contribution in [1.29, 1.82) is 0 Å². The molecule has 0 unspecified atom stereocenters. The quantitative estimate of drug-likeness (QED) is 0.490. The Labute approximate surface area is 180 Å². The lowest BCUT2D eigenvalue weighted by molar-refractivity contribution is -0.141. The summed E-state index contributed by atoms with van der Waals surface area (Å²) in [5, 5.41) is 2.45. The molecular weight excluding hydrogens is 400 g/mol. The van der Waals surface area contributed by atoms with Crippen molar-refractivity contribution in [2.45, 2.75) is 19.8 Å². The molecule has 1 heterocycles. The fourth-order valence-electron chi connectivity index (χ4n) is 3.15. The summed E-state index contributed by atoms with van der Waals surface area (Å²) in [6.45, 7) is 2.28. The predicted molar refractivity (Wildman–Crippen MR) is 113 cm³/mol. The number of carbonyl (C=O) groups excluding carboxylic acids is 4. The summed E-state index contributed by atoms with van der Waals surface area (Å²) >= 11 is 0. The minimum atomic E-state index is -0.716. The van der Waals surface area contributed by atoms with Crippen molar-refractivity contribution in [3.8, 4) is 5.75 Å². The molecule has 0 atom stereocenters. The van der Waals surface area contributed by atoms with E-state index < -0.39 is 18.5 Å². The van der Waals surface area contributed by atoms with E-state index >= 15 is 0 Å². The number of carbonyl (C=O) groups is 4. The highest BCUT2D eigenvalue weighted by atomic mass is 16.5. The van der Waals surface area contributed by atoms with E-state index in [0.29, 0.717) is 36.4 Å². The number of esters is 1. The molecule has 8 heteroatoms. The second-order valence-electron chi connectivity index (χ2n) is 6.92. The molecule has 0 aromatic heterocycles. The fourth-order valence-corrected chi connectivity index (χ4v) is 3.15. The maximum Gasteiger partial charge on any atom is 0.325 e. The van der Waals surface area contributed by atoms with Crippen LogP contribution >= 0.6 is 0 Å². The van der Waals surface area contributed by atoms with Crippen LogP contribution in [0.15, 0.2) is 48.5 Å². The minimum Gasteiger partial charge on any atom is -0.494 e. The number of Topliss-reactive ketones (excluding diaryl/α,β-unsaturated/α-hetero) is 1. The van der Waals surface area contributed by atoms with Crippen molar-refractivity contribution < 1.29 is 28.7 Å². The smallest absolute Gasteiger partial charge is 0.325 e. The number of hydrogen-bond acceptors (Lipinski definition) is 6. The number of ether oxygens (including phenoxy) is 2. The molecule has 1 saturated heterocycles. The van der Waals surface area contributed by atoms with Crippen LogP contribution in [0.4, 0.5) is 5.69 Å². The van der Waals surface area contributed by atoms with Gasteiger partial charge in [0.2, 0.25) is 5.91 Å². The Hall–Kier alpha value is -3.68. The second kappa shape index (κ2) is 10.4. The molecule has 2 amide bonds. The van der Waals surface area contributed by atoms with Crippen LogP contribution in [0.5, 0.6) is 5.75 Å². The summed E-state index contributed by atoms with van der Waals surface area (Å²) < 4.78 is 10.3. The summed E-state index contributed by atoms with van der Waals surface area (Å²) in [6.07, 6.45) is 1.36. The van der Waals surface area contributed by atoms with Gasteiger partial charge in [0.25, 0.3) is 5.91 Å². The van der Waals surface area contributed by atoms with Gasteiger partial charge >= 0.3 is 5.97 Å². The number of ketones is 1. The Morgan fingerprint density at radius 1 is 1.00 bits per heavy atom. The molecule has 1 aliphatic rings. The highest BCUT2D eigenvalue weighted by molar-refractivity contribution is 6.00.